The molecule has 2 aromatic heterocycles. The summed E-state index contributed by atoms with van der Waals surface area (Å²) < 4.78 is 0. The van der Waals surface area contributed by atoms with Crippen LogP contribution < -0.4 is 10.9 Å². The molecular formula is C11H11N5O. The molecule has 0 radical (unpaired) electrons. The van der Waals surface area contributed by atoms with E-state index in [0.29, 0.717) is 22.6 Å². The Labute approximate surface area is 97.3 Å². The molecule has 0 atom stereocenters. The highest BCUT2D eigenvalue weighted by molar-refractivity contribution is 5.79. The lowest BCUT2D eigenvalue weighted by molar-refractivity contribution is 1.17. The average molecular weight is 229 g/mol. The van der Waals surface area contributed by atoms with Crippen molar-refractivity contribution in [2.24, 2.45) is 0 Å². The van der Waals surface area contributed by atoms with Crippen molar-refractivity contribution in [2.45, 2.75) is 0 Å². The lowest BCUT2D eigenvalue weighted by Crippen LogP contribution is -2.11. The molecule has 0 unspecified atom stereocenters. The van der Waals surface area contributed by atoms with Gasteiger partial charge in [-0.2, -0.15) is 0 Å². The second kappa shape index (κ2) is 4.56. The Morgan fingerprint density at radius 3 is 3.00 bits per heavy atom. The van der Waals surface area contributed by atoms with E-state index in [9.17, 15) is 4.79 Å². The fourth-order valence-electron chi connectivity index (χ4n) is 1.38. The number of aromatic nitrogens is 3. The highest BCUT2D eigenvalue weighted by atomic mass is 16.1. The lowest BCUT2D eigenvalue weighted by atomic mass is 10.1. The first-order valence-electron chi connectivity index (χ1n) is 4.98. The molecule has 6 nitrogen and oxygen atoms in total. The Kier molecular flexibility index (Phi) is 2.95. The standard InChI is InChI=1S/C11H11N5O/c1-13-10-6-14-5-9(16-10)8-2-7(3-12)11(17)15-4-8/h2-6,12H,1H3,(H,13,16)(H,15,17). The molecule has 0 aliphatic rings. The van der Waals surface area contributed by atoms with Crippen molar-refractivity contribution in [3.63, 3.8) is 0 Å². The maximum Gasteiger partial charge on any atom is 0.256 e. The van der Waals surface area contributed by atoms with Crippen LogP contribution in [0, 0.1) is 5.41 Å². The maximum absolute atomic E-state index is 11.3. The zero-order valence-electron chi connectivity index (χ0n) is 9.19. The van der Waals surface area contributed by atoms with Gasteiger partial charge in [-0.1, -0.05) is 0 Å². The Bertz CT molecular complexity index is 605. The first-order chi connectivity index (χ1) is 8.24. The summed E-state index contributed by atoms with van der Waals surface area (Å²) in [6.45, 7) is 0. The van der Waals surface area contributed by atoms with Crippen molar-refractivity contribution < 1.29 is 0 Å². The number of hydrogen-bond donors (Lipinski definition) is 3. The molecule has 0 bridgehead atoms. The molecule has 0 aromatic carbocycles. The molecule has 6 heteroatoms. The van der Waals surface area contributed by atoms with Crippen LogP contribution in [-0.2, 0) is 0 Å². The van der Waals surface area contributed by atoms with Crippen LogP contribution in [0.3, 0.4) is 0 Å². The summed E-state index contributed by atoms with van der Waals surface area (Å²) in [4.78, 5) is 22.2. The van der Waals surface area contributed by atoms with Gasteiger partial charge in [0.1, 0.15) is 5.82 Å². The second-order valence-electron chi connectivity index (χ2n) is 3.36. The molecule has 0 spiro atoms. The molecule has 0 amide bonds. The molecular weight excluding hydrogens is 218 g/mol. The van der Waals surface area contributed by atoms with E-state index in [2.05, 4.69) is 20.3 Å². The number of pyridine rings is 1. The van der Waals surface area contributed by atoms with Gasteiger partial charge in [-0.15, -0.1) is 0 Å². The van der Waals surface area contributed by atoms with Gasteiger partial charge in [0, 0.05) is 25.0 Å². The Hall–Kier alpha value is -2.50. The number of nitrogens with one attached hydrogen (secondary N) is 3. The van der Waals surface area contributed by atoms with Crippen molar-refractivity contribution in [2.75, 3.05) is 12.4 Å². The summed E-state index contributed by atoms with van der Waals surface area (Å²) in [5.74, 6) is 0.644. The number of H-pyrrole nitrogens is 1. The van der Waals surface area contributed by atoms with Crippen molar-refractivity contribution in [1.82, 2.24) is 15.0 Å². The van der Waals surface area contributed by atoms with Crippen LogP contribution >= 0.6 is 0 Å². The molecule has 3 N–H and O–H groups in total. The van der Waals surface area contributed by atoms with Crippen LogP contribution in [0.25, 0.3) is 11.3 Å². The van der Waals surface area contributed by atoms with Gasteiger partial charge in [-0.25, -0.2) is 4.98 Å². The largest absolute Gasteiger partial charge is 0.372 e. The van der Waals surface area contributed by atoms with Crippen LogP contribution in [0.4, 0.5) is 5.82 Å². The van der Waals surface area contributed by atoms with Gasteiger partial charge in [0.2, 0.25) is 0 Å². The number of hydrogen-bond acceptors (Lipinski definition) is 5. The van der Waals surface area contributed by atoms with E-state index in [1.165, 1.54) is 0 Å². The van der Waals surface area contributed by atoms with E-state index in [4.69, 9.17) is 5.41 Å². The molecule has 2 rings (SSSR count). The van der Waals surface area contributed by atoms with Crippen LogP contribution in [0.15, 0.2) is 29.5 Å². The van der Waals surface area contributed by atoms with Crippen LogP contribution in [-0.4, -0.2) is 28.2 Å². The predicted octanol–water partition coefficient (Wildman–Crippen LogP) is 0.871. The molecule has 0 saturated heterocycles. The fourth-order valence-corrected chi connectivity index (χ4v) is 1.38. The average Bonchev–Trinajstić information content (AvgIpc) is 2.39. The minimum Gasteiger partial charge on any atom is -0.372 e. The summed E-state index contributed by atoms with van der Waals surface area (Å²) in [6, 6.07) is 1.61. The fraction of sp³-hybridized carbons (Fsp3) is 0.0909. The Morgan fingerprint density at radius 1 is 1.47 bits per heavy atom. The normalized spacial score (nSPS) is 9.94. The summed E-state index contributed by atoms with van der Waals surface area (Å²) in [6.07, 6.45) is 5.77. The Morgan fingerprint density at radius 2 is 2.29 bits per heavy atom. The van der Waals surface area contributed by atoms with Gasteiger partial charge in [-0.3, -0.25) is 9.78 Å². The molecule has 86 valence electrons. The first-order valence-corrected chi connectivity index (χ1v) is 4.98. The van der Waals surface area contributed by atoms with E-state index in [0.717, 1.165) is 6.21 Å². The molecule has 0 fully saturated rings. The zero-order chi connectivity index (χ0) is 12.3. The van der Waals surface area contributed by atoms with Gasteiger partial charge >= 0.3 is 0 Å². The first kappa shape index (κ1) is 11.0. The van der Waals surface area contributed by atoms with E-state index in [1.54, 1.807) is 31.7 Å². The van der Waals surface area contributed by atoms with Crippen molar-refractivity contribution >= 4 is 12.0 Å². The van der Waals surface area contributed by atoms with Crippen molar-refractivity contribution in [3.8, 4) is 11.3 Å². The number of nitrogens with zero attached hydrogens (tertiary/aromatic N) is 2. The number of aromatic amines is 1. The topological polar surface area (TPSA) is 94.5 Å². The van der Waals surface area contributed by atoms with Crippen LogP contribution in [0.1, 0.15) is 5.56 Å². The summed E-state index contributed by atoms with van der Waals surface area (Å²) in [5.41, 5.74) is 1.35. The maximum atomic E-state index is 11.3. The third kappa shape index (κ3) is 2.20. The smallest absolute Gasteiger partial charge is 0.256 e. The monoisotopic (exact) mass is 229 g/mol. The van der Waals surface area contributed by atoms with Gasteiger partial charge in [0.05, 0.1) is 23.7 Å². The van der Waals surface area contributed by atoms with Crippen LogP contribution in [0.5, 0.6) is 0 Å². The molecule has 0 aliphatic heterocycles. The predicted molar refractivity (Wildman–Crippen MR) is 65.5 cm³/mol. The number of rotatable bonds is 3. The second-order valence-corrected chi connectivity index (χ2v) is 3.36. The van der Waals surface area contributed by atoms with E-state index in [1.807, 2.05) is 0 Å². The summed E-state index contributed by atoms with van der Waals surface area (Å²) in [5, 5.41) is 10.0. The minimum absolute atomic E-state index is 0.290. The molecule has 0 saturated carbocycles. The summed E-state index contributed by atoms with van der Waals surface area (Å²) in [7, 11) is 1.75. The SMILES string of the molecule is CNc1cncc(-c2c[nH]c(=O)c(C=N)c2)n1. The third-order valence-electron chi connectivity index (χ3n) is 2.27. The third-order valence-corrected chi connectivity index (χ3v) is 2.27. The minimum atomic E-state index is -0.290. The molecule has 2 heterocycles. The van der Waals surface area contributed by atoms with Gasteiger partial charge in [0.25, 0.3) is 5.56 Å². The zero-order valence-corrected chi connectivity index (χ0v) is 9.19. The highest BCUT2D eigenvalue weighted by Gasteiger charge is 2.04. The quantitative estimate of drug-likeness (QED) is 0.680. The highest BCUT2D eigenvalue weighted by Crippen LogP contribution is 2.15. The summed E-state index contributed by atoms with van der Waals surface area (Å²) >= 11 is 0. The number of anilines is 1. The van der Waals surface area contributed by atoms with E-state index in [-0.39, 0.29) is 5.56 Å². The molecule has 2 aromatic rings. The lowest BCUT2D eigenvalue weighted by Gasteiger charge is -2.03. The molecule has 0 aliphatic carbocycles. The van der Waals surface area contributed by atoms with Gasteiger partial charge in [0.15, 0.2) is 0 Å². The van der Waals surface area contributed by atoms with E-state index >= 15 is 0 Å². The molecule has 17 heavy (non-hydrogen) atoms. The van der Waals surface area contributed by atoms with Crippen molar-refractivity contribution in [1.29, 1.82) is 5.41 Å². The Balaban J connectivity index is 2.52. The van der Waals surface area contributed by atoms with Gasteiger partial charge < -0.3 is 15.7 Å². The van der Waals surface area contributed by atoms with Crippen LogP contribution in [0.2, 0.25) is 0 Å². The van der Waals surface area contributed by atoms with Gasteiger partial charge in [-0.05, 0) is 6.07 Å². The van der Waals surface area contributed by atoms with E-state index < -0.39 is 0 Å². The van der Waals surface area contributed by atoms with Crippen molar-refractivity contribution in [3.05, 3.63) is 40.6 Å².